The van der Waals surface area contributed by atoms with Gasteiger partial charge in [0.2, 0.25) is 0 Å². The van der Waals surface area contributed by atoms with Gasteiger partial charge >= 0.3 is 17.9 Å². The first-order valence-corrected chi connectivity index (χ1v) is 36.8. The summed E-state index contributed by atoms with van der Waals surface area (Å²) in [6.45, 7) is 6.58. The highest BCUT2D eigenvalue weighted by molar-refractivity contribution is 5.71. The summed E-state index contributed by atoms with van der Waals surface area (Å²) in [7, 11) is 0. The van der Waals surface area contributed by atoms with Crippen LogP contribution in [-0.4, -0.2) is 37.2 Å². The molecule has 0 aromatic heterocycles. The monoisotopic (exact) mass is 1160 g/mol. The number of rotatable bonds is 68. The topological polar surface area (TPSA) is 78.9 Å². The maximum Gasteiger partial charge on any atom is 0.306 e. The lowest BCUT2D eigenvalue weighted by molar-refractivity contribution is -0.167. The smallest absolute Gasteiger partial charge is 0.306 e. The molecular weight excluding hydrogens is 1020 g/mol. The number of hydrogen-bond acceptors (Lipinski definition) is 6. The standard InChI is InChI=1S/C77H140O6/c1-4-7-10-13-16-19-22-25-28-30-32-34-36-37-38-39-41-42-44-46-49-52-55-58-61-64-67-70-76(79)82-73-74(72-81-75(78)69-66-63-60-57-54-51-48-27-24-21-18-15-12-9-6-3)83-77(80)71-68-65-62-59-56-53-50-47-45-43-40-35-33-31-29-26-23-20-17-14-11-8-5-2/h8,11,17,20,26-27,29,33,35,48,74H,4-7,9-10,12-16,18-19,21-25,28,30-32,34,36-47,49-73H2,1-3H3/b11-8-,20-17-,29-26-,35-33-,48-27-. The van der Waals surface area contributed by atoms with Gasteiger partial charge in [0.25, 0.3) is 0 Å². The van der Waals surface area contributed by atoms with Crippen molar-refractivity contribution in [2.45, 2.75) is 399 Å². The first kappa shape index (κ1) is 80.1. The van der Waals surface area contributed by atoms with E-state index in [-0.39, 0.29) is 31.1 Å². The van der Waals surface area contributed by atoms with Gasteiger partial charge in [-0.1, -0.05) is 351 Å². The Morgan fingerprint density at radius 1 is 0.253 bits per heavy atom. The first-order valence-electron chi connectivity index (χ1n) is 36.8. The van der Waals surface area contributed by atoms with Crippen LogP contribution in [0.3, 0.4) is 0 Å². The van der Waals surface area contributed by atoms with Crippen LogP contribution in [0.25, 0.3) is 0 Å². The quantitative estimate of drug-likeness (QED) is 0.0261. The van der Waals surface area contributed by atoms with Gasteiger partial charge in [0.1, 0.15) is 13.2 Å². The van der Waals surface area contributed by atoms with Crippen molar-refractivity contribution in [3.8, 4) is 0 Å². The number of carbonyl (C=O) groups is 3. The molecule has 0 aromatic rings. The second-order valence-corrected chi connectivity index (χ2v) is 24.8. The second kappa shape index (κ2) is 71.6. The molecule has 0 aliphatic carbocycles. The van der Waals surface area contributed by atoms with Crippen molar-refractivity contribution in [3.63, 3.8) is 0 Å². The van der Waals surface area contributed by atoms with Gasteiger partial charge < -0.3 is 14.2 Å². The molecule has 1 atom stereocenters. The van der Waals surface area contributed by atoms with Crippen molar-refractivity contribution in [1.29, 1.82) is 0 Å². The third-order valence-corrected chi connectivity index (χ3v) is 16.5. The maximum absolute atomic E-state index is 13.0. The van der Waals surface area contributed by atoms with Gasteiger partial charge in [-0.05, 0) is 83.5 Å². The van der Waals surface area contributed by atoms with E-state index in [2.05, 4.69) is 81.5 Å². The van der Waals surface area contributed by atoms with E-state index in [0.29, 0.717) is 19.3 Å². The van der Waals surface area contributed by atoms with Crippen LogP contribution >= 0.6 is 0 Å². The largest absolute Gasteiger partial charge is 0.462 e. The Kier molecular flexibility index (Phi) is 69.1. The van der Waals surface area contributed by atoms with E-state index < -0.39 is 6.10 Å². The van der Waals surface area contributed by atoms with Gasteiger partial charge in [0.15, 0.2) is 6.10 Å². The number of allylic oxidation sites excluding steroid dienone is 10. The second-order valence-electron chi connectivity index (χ2n) is 24.8. The predicted octanol–water partition coefficient (Wildman–Crippen LogP) is 25.5. The lowest BCUT2D eigenvalue weighted by Crippen LogP contribution is -2.30. The molecule has 0 saturated heterocycles. The number of carbonyl (C=O) groups excluding carboxylic acids is 3. The van der Waals surface area contributed by atoms with Crippen molar-refractivity contribution in [1.82, 2.24) is 0 Å². The Morgan fingerprint density at radius 2 is 0.470 bits per heavy atom. The maximum atomic E-state index is 13.0. The zero-order valence-electron chi connectivity index (χ0n) is 55.7. The van der Waals surface area contributed by atoms with Crippen molar-refractivity contribution >= 4 is 17.9 Å². The molecule has 0 spiro atoms. The van der Waals surface area contributed by atoms with E-state index in [1.54, 1.807) is 0 Å². The van der Waals surface area contributed by atoms with Crippen LogP contribution in [0, 0.1) is 0 Å². The third-order valence-electron chi connectivity index (χ3n) is 16.5. The fraction of sp³-hybridized carbons (Fsp3) is 0.831. The van der Waals surface area contributed by atoms with E-state index >= 15 is 0 Å². The Balaban J connectivity index is 4.26. The Morgan fingerprint density at radius 3 is 0.747 bits per heavy atom. The molecule has 0 aliphatic heterocycles. The molecule has 83 heavy (non-hydrogen) atoms. The lowest BCUT2D eigenvalue weighted by Gasteiger charge is -2.18. The summed E-state index contributed by atoms with van der Waals surface area (Å²) in [4.78, 5) is 38.5. The van der Waals surface area contributed by atoms with Gasteiger partial charge in [-0.3, -0.25) is 14.4 Å². The summed E-state index contributed by atoms with van der Waals surface area (Å²) < 4.78 is 17.0. The van der Waals surface area contributed by atoms with Crippen LogP contribution in [0.4, 0.5) is 0 Å². The van der Waals surface area contributed by atoms with E-state index in [4.69, 9.17) is 14.2 Å². The Hall–Kier alpha value is -2.89. The number of unbranched alkanes of at least 4 members (excludes halogenated alkanes) is 47. The minimum atomic E-state index is -0.780. The van der Waals surface area contributed by atoms with Crippen molar-refractivity contribution in [2.24, 2.45) is 0 Å². The molecule has 0 aliphatic rings. The molecule has 484 valence electrons. The summed E-state index contributed by atoms with van der Waals surface area (Å²) in [6.07, 6.45) is 92.6. The SMILES string of the molecule is CC/C=C\C/C=C\C/C=C\C/C=C\CCCCCCCCCCCCC(=O)OC(COC(=O)CCCCCCC/C=C\CCCCCCCC)COC(=O)CCCCCCCCCCCCCCCCCCCCCCCCCCCCC. The highest BCUT2D eigenvalue weighted by Crippen LogP contribution is 2.19. The molecule has 6 nitrogen and oxygen atoms in total. The average Bonchev–Trinajstić information content (AvgIpc) is 3.49. The molecule has 0 radical (unpaired) electrons. The predicted molar refractivity (Wildman–Crippen MR) is 362 cm³/mol. The first-order chi connectivity index (χ1) is 41.0. The molecule has 0 bridgehead atoms. The molecular formula is C77H140O6. The molecule has 0 aromatic carbocycles. The average molecular weight is 1160 g/mol. The minimum absolute atomic E-state index is 0.0742. The van der Waals surface area contributed by atoms with Crippen LogP contribution in [-0.2, 0) is 28.6 Å². The van der Waals surface area contributed by atoms with E-state index in [1.165, 1.54) is 263 Å². The van der Waals surface area contributed by atoms with Crippen LogP contribution in [0.2, 0.25) is 0 Å². The summed E-state index contributed by atoms with van der Waals surface area (Å²) in [5, 5.41) is 0. The Labute approximate surface area is 517 Å². The van der Waals surface area contributed by atoms with Crippen molar-refractivity contribution in [2.75, 3.05) is 13.2 Å². The van der Waals surface area contributed by atoms with Gasteiger partial charge in [0, 0.05) is 19.3 Å². The minimum Gasteiger partial charge on any atom is -0.462 e. The zero-order chi connectivity index (χ0) is 59.9. The normalized spacial score (nSPS) is 12.4. The van der Waals surface area contributed by atoms with Gasteiger partial charge in [0.05, 0.1) is 0 Å². The van der Waals surface area contributed by atoms with E-state index in [9.17, 15) is 14.4 Å². The zero-order valence-corrected chi connectivity index (χ0v) is 55.7. The van der Waals surface area contributed by atoms with Crippen molar-refractivity contribution in [3.05, 3.63) is 60.8 Å². The number of hydrogen-bond donors (Lipinski definition) is 0. The van der Waals surface area contributed by atoms with Crippen molar-refractivity contribution < 1.29 is 28.6 Å². The van der Waals surface area contributed by atoms with Crippen LogP contribution in [0.1, 0.15) is 393 Å². The molecule has 0 rings (SSSR count). The van der Waals surface area contributed by atoms with Crippen LogP contribution in [0.15, 0.2) is 60.8 Å². The fourth-order valence-electron chi connectivity index (χ4n) is 11.0. The number of ether oxygens (including phenoxy) is 3. The highest BCUT2D eigenvalue weighted by Gasteiger charge is 2.19. The van der Waals surface area contributed by atoms with Gasteiger partial charge in [-0.2, -0.15) is 0 Å². The molecule has 0 saturated carbocycles. The van der Waals surface area contributed by atoms with E-state index in [1.807, 2.05) is 0 Å². The molecule has 0 fully saturated rings. The summed E-state index contributed by atoms with van der Waals surface area (Å²) in [6, 6.07) is 0. The third kappa shape index (κ3) is 69.8. The van der Waals surface area contributed by atoms with Crippen LogP contribution in [0.5, 0.6) is 0 Å². The van der Waals surface area contributed by atoms with Crippen LogP contribution < -0.4 is 0 Å². The Bertz CT molecular complexity index is 1470. The molecule has 0 amide bonds. The summed E-state index contributed by atoms with van der Waals surface area (Å²) >= 11 is 0. The summed E-state index contributed by atoms with van der Waals surface area (Å²) in [5.41, 5.74) is 0. The molecule has 0 N–H and O–H groups in total. The van der Waals surface area contributed by atoms with E-state index in [0.717, 1.165) is 89.9 Å². The lowest BCUT2D eigenvalue weighted by atomic mass is 10.0. The van der Waals surface area contributed by atoms with Gasteiger partial charge in [-0.15, -0.1) is 0 Å². The fourth-order valence-corrected chi connectivity index (χ4v) is 11.0. The highest BCUT2D eigenvalue weighted by atomic mass is 16.6. The molecule has 1 unspecified atom stereocenters. The molecule has 6 heteroatoms. The summed E-state index contributed by atoms with van der Waals surface area (Å²) in [5.74, 6) is -0.861. The number of esters is 3. The molecule has 0 heterocycles. The van der Waals surface area contributed by atoms with Gasteiger partial charge in [-0.25, -0.2) is 0 Å².